The Kier molecular flexibility index (Phi) is 5.16. The Morgan fingerprint density at radius 2 is 1.95 bits per heavy atom. The number of aromatic nitrogens is 1. The summed E-state index contributed by atoms with van der Waals surface area (Å²) in [6, 6.07) is 10.1. The smallest absolute Gasteiger partial charge is 0.186 e. The Bertz CT molecular complexity index is 689. The zero-order chi connectivity index (χ0) is 16.1. The second-order valence-corrected chi connectivity index (χ2v) is 5.22. The van der Waals surface area contributed by atoms with E-state index in [0.29, 0.717) is 5.11 Å². The lowest BCUT2D eigenvalue weighted by Gasteiger charge is -2.10. The van der Waals surface area contributed by atoms with Crippen molar-refractivity contribution in [3.05, 3.63) is 47.3 Å². The van der Waals surface area contributed by atoms with Crippen molar-refractivity contribution in [3.63, 3.8) is 0 Å². The molecule has 116 valence electrons. The van der Waals surface area contributed by atoms with Crippen molar-refractivity contribution in [2.45, 2.75) is 13.8 Å². The first-order valence-corrected chi connectivity index (χ1v) is 7.31. The van der Waals surface area contributed by atoms with Crippen molar-refractivity contribution in [3.8, 4) is 11.4 Å². The number of hydrogen-bond acceptors (Lipinski definition) is 3. The maximum absolute atomic E-state index is 5.20. The second-order valence-electron chi connectivity index (χ2n) is 4.81. The summed E-state index contributed by atoms with van der Waals surface area (Å²) in [5.74, 6) is 0.845. The molecule has 0 spiro atoms. The van der Waals surface area contributed by atoms with Gasteiger partial charge in [-0.05, 0) is 56.4 Å². The summed E-state index contributed by atoms with van der Waals surface area (Å²) >= 11 is 4.98. The fourth-order valence-corrected chi connectivity index (χ4v) is 2.32. The predicted molar refractivity (Wildman–Crippen MR) is 94.2 cm³/mol. The molecule has 0 fully saturated rings. The number of nitrogens with one attached hydrogen (secondary N) is 2. The lowest BCUT2D eigenvalue weighted by molar-refractivity contribution is 0.414. The van der Waals surface area contributed by atoms with Gasteiger partial charge in [-0.25, -0.2) is 0 Å². The van der Waals surface area contributed by atoms with Crippen LogP contribution in [0.1, 0.15) is 17.0 Å². The van der Waals surface area contributed by atoms with Crippen LogP contribution < -0.4 is 15.5 Å². The monoisotopic (exact) mass is 316 g/mol. The summed E-state index contributed by atoms with van der Waals surface area (Å²) in [6.07, 6.45) is 1.77. The van der Waals surface area contributed by atoms with Crippen LogP contribution in [-0.4, -0.2) is 30.1 Å². The van der Waals surface area contributed by atoms with Crippen LogP contribution in [0.15, 0.2) is 35.4 Å². The van der Waals surface area contributed by atoms with E-state index in [9.17, 15) is 0 Å². The first kappa shape index (κ1) is 16.0. The maximum atomic E-state index is 5.20. The average Bonchev–Trinajstić information content (AvgIpc) is 2.81. The summed E-state index contributed by atoms with van der Waals surface area (Å²) in [6.45, 7) is 4.13. The van der Waals surface area contributed by atoms with E-state index in [1.54, 1.807) is 20.4 Å². The fraction of sp³-hybridized carbons (Fsp3) is 0.250. The number of aryl methyl sites for hydroxylation is 1. The Hall–Kier alpha value is -2.34. The van der Waals surface area contributed by atoms with Crippen molar-refractivity contribution < 1.29 is 4.74 Å². The van der Waals surface area contributed by atoms with Crippen molar-refractivity contribution in [2.75, 3.05) is 14.2 Å². The molecule has 5 nitrogen and oxygen atoms in total. The molecule has 1 heterocycles. The molecule has 0 saturated heterocycles. The number of rotatable bonds is 4. The van der Waals surface area contributed by atoms with Crippen LogP contribution in [0.2, 0.25) is 0 Å². The Morgan fingerprint density at radius 3 is 2.55 bits per heavy atom. The van der Waals surface area contributed by atoms with Crippen molar-refractivity contribution in [2.24, 2.45) is 5.10 Å². The zero-order valence-corrected chi connectivity index (χ0v) is 14.0. The van der Waals surface area contributed by atoms with Crippen LogP contribution in [0.5, 0.6) is 5.75 Å². The van der Waals surface area contributed by atoms with Crippen LogP contribution in [-0.2, 0) is 0 Å². The molecule has 2 aromatic rings. The van der Waals surface area contributed by atoms with E-state index in [2.05, 4.69) is 40.3 Å². The minimum atomic E-state index is 0.486. The van der Waals surface area contributed by atoms with Crippen LogP contribution in [0.4, 0.5) is 0 Å². The molecular weight excluding hydrogens is 296 g/mol. The van der Waals surface area contributed by atoms with Gasteiger partial charge in [-0.3, -0.25) is 5.43 Å². The van der Waals surface area contributed by atoms with Crippen LogP contribution >= 0.6 is 12.2 Å². The maximum Gasteiger partial charge on any atom is 0.186 e. The van der Waals surface area contributed by atoms with E-state index in [4.69, 9.17) is 17.0 Å². The van der Waals surface area contributed by atoms with Gasteiger partial charge >= 0.3 is 0 Å². The molecule has 0 radical (unpaired) electrons. The van der Waals surface area contributed by atoms with Crippen molar-refractivity contribution in [1.82, 2.24) is 15.3 Å². The number of hydrazone groups is 1. The first-order valence-electron chi connectivity index (χ1n) is 6.91. The SMILES string of the molecule is CNC(=S)N/N=C/c1cc(C)n(-c2ccc(OC)cc2)c1C. The third kappa shape index (κ3) is 3.46. The minimum absolute atomic E-state index is 0.486. The highest BCUT2D eigenvalue weighted by Crippen LogP contribution is 2.21. The third-order valence-corrected chi connectivity index (χ3v) is 3.69. The quantitative estimate of drug-likeness (QED) is 0.517. The summed E-state index contributed by atoms with van der Waals surface area (Å²) in [7, 11) is 3.42. The molecule has 0 amide bonds. The summed E-state index contributed by atoms with van der Waals surface area (Å²) in [4.78, 5) is 0. The van der Waals surface area contributed by atoms with E-state index >= 15 is 0 Å². The second kappa shape index (κ2) is 7.09. The third-order valence-electron chi connectivity index (χ3n) is 3.40. The number of thiocarbonyl (C=S) groups is 1. The lowest BCUT2D eigenvalue weighted by atomic mass is 10.2. The van der Waals surface area contributed by atoms with Crippen LogP contribution in [0.25, 0.3) is 5.69 Å². The van der Waals surface area contributed by atoms with Gasteiger partial charge in [0.15, 0.2) is 5.11 Å². The molecule has 1 aromatic heterocycles. The molecule has 0 aliphatic carbocycles. The van der Waals surface area contributed by atoms with E-state index in [1.165, 1.54) is 0 Å². The molecule has 0 aliphatic rings. The van der Waals surface area contributed by atoms with Gasteiger partial charge < -0.3 is 14.6 Å². The average molecular weight is 316 g/mol. The van der Waals surface area contributed by atoms with Gasteiger partial charge in [0.2, 0.25) is 0 Å². The van der Waals surface area contributed by atoms with Crippen LogP contribution in [0, 0.1) is 13.8 Å². The standard InChI is InChI=1S/C16H20N4OS/c1-11-9-13(10-18-19-16(22)17-3)12(2)20(11)14-5-7-15(21-4)8-6-14/h5-10H,1-4H3,(H2,17,19,22)/b18-10+. The number of ether oxygens (including phenoxy) is 1. The summed E-state index contributed by atoms with van der Waals surface area (Å²) < 4.78 is 7.38. The fourth-order valence-electron chi connectivity index (χ4n) is 2.26. The molecular formula is C16H20N4OS. The van der Waals surface area contributed by atoms with Gasteiger partial charge in [0, 0.05) is 29.7 Å². The minimum Gasteiger partial charge on any atom is -0.497 e. The van der Waals surface area contributed by atoms with Gasteiger partial charge in [0.1, 0.15) is 5.75 Å². The molecule has 0 unspecified atom stereocenters. The summed E-state index contributed by atoms with van der Waals surface area (Å²) in [5.41, 5.74) is 7.14. The van der Waals surface area contributed by atoms with Crippen LogP contribution in [0.3, 0.4) is 0 Å². The molecule has 22 heavy (non-hydrogen) atoms. The number of nitrogens with zero attached hydrogens (tertiary/aromatic N) is 2. The van der Waals surface area contributed by atoms with Gasteiger partial charge in [-0.2, -0.15) is 5.10 Å². The van der Waals surface area contributed by atoms with Gasteiger partial charge in [-0.15, -0.1) is 0 Å². The molecule has 0 aliphatic heterocycles. The highest BCUT2D eigenvalue weighted by Gasteiger charge is 2.09. The highest BCUT2D eigenvalue weighted by molar-refractivity contribution is 7.80. The highest BCUT2D eigenvalue weighted by atomic mass is 32.1. The van der Waals surface area contributed by atoms with E-state index in [0.717, 1.165) is 28.4 Å². The van der Waals surface area contributed by atoms with E-state index < -0.39 is 0 Å². The Labute approximate surface area is 136 Å². The van der Waals surface area contributed by atoms with Gasteiger partial charge in [-0.1, -0.05) is 0 Å². The van der Waals surface area contributed by atoms with E-state index in [1.807, 2.05) is 24.3 Å². The zero-order valence-electron chi connectivity index (χ0n) is 13.2. The number of benzene rings is 1. The molecule has 0 atom stereocenters. The van der Waals surface area contributed by atoms with E-state index in [-0.39, 0.29) is 0 Å². The number of hydrogen-bond donors (Lipinski definition) is 2. The molecule has 6 heteroatoms. The topological polar surface area (TPSA) is 50.6 Å². The molecule has 2 N–H and O–H groups in total. The molecule has 2 rings (SSSR count). The lowest BCUT2D eigenvalue weighted by Crippen LogP contribution is -2.28. The van der Waals surface area contributed by atoms with Crippen molar-refractivity contribution >= 4 is 23.5 Å². The summed E-state index contributed by atoms with van der Waals surface area (Å²) in [5, 5.41) is 7.43. The molecule has 0 saturated carbocycles. The first-order chi connectivity index (χ1) is 10.6. The Morgan fingerprint density at radius 1 is 1.27 bits per heavy atom. The largest absolute Gasteiger partial charge is 0.497 e. The molecule has 1 aromatic carbocycles. The predicted octanol–water partition coefficient (Wildman–Crippen LogP) is 2.53. The van der Waals surface area contributed by atoms with Gasteiger partial charge in [0.05, 0.1) is 13.3 Å². The normalized spacial score (nSPS) is 10.7. The number of methoxy groups -OCH3 is 1. The van der Waals surface area contributed by atoms with Crippen molar-refractivity contribution in [1.29, 1.82) is 0 Å². The Balaban J connectivity index is 2.28. The van der Waals surface area contributed by atoms with Gasteiger partial charge in [0.25, 0.3) is 0 Å². The molecule has 0 bridgehead atoms.